The first kappa shape index (κ1) is 16.4. The monoisotopic (exact) mass is 346 g/mol. The van der Waals surface area contributed by atoms with Gasteiger partial charge in [-0.3, -0.25) is 4.79 Å². The minimum absolute atomic E-state index is 0.144. The third kappa shape index (κ3) is 4.48. The van der Waals surface area contributed by atoms with Crippen LogP contribution in [-0.2, 0) is 14.3 Å². The molecule has 20 heavy (non-hydrogen) atoms. The third-order valence-electron chi connectivity index (χ3n) is 2.63. The average molecular weight is 347 g/mol. The van der Waals surface area contributed by atoms with Crippen LogP contribution in [0.2, 0.25) is 0 Å². The van der Waals surface area contributed by atoms with Crippen molar-refractivity contribution in [2.24, 2.45) is 0 Å². The summed E-state index contributed by atoms with van der Waals surface area (Å²) in [6, 6.07) is 2.14. The second-order valence-electron chi connectivity index (χ2n) is 4.24. The van der Waals surface area contributed by atoms with Crippen LogP contribution in [0.1, 0.15) is 12.5 Å². The van der Waals surface area contributed by atoms with Crippen LogP contribution in [0.4, 0.5) is 10.1 Å². The number of esters is 1. The molecule has 1 amide bonds. The summed E-state index contributed by atoms with van der Waals surface area (Å²) in [4.78, 5) is 22.6. The lowest BCUT2D eigenvalue weighted by atomic mass is 10.2. The lowest BCUT2D eigenvalue weighted by Crippen LogP contribution is -2.45. The van der Waals surface area contributed by atoms with Gasteiger partial charge in [0, 0.05) is 19.2 Å². The standard InChI is InChI=1S/C13H16BrFN2O3/c1-7-4-10(15)9(14)5-11(7)16-6-12(13(19)20-3)17-8(2)18/h4-5,12,16H,6H2,1-3H3,(H,17,18). The van der Waals surface area contributed by atoms with Crippen molar-refractivity contribution in [2.75, 3.05) is 19.0 Å². The Kier molecular flexibility index (Phi) is 5.94. The maximum absolute atomic E-state index is 13.3. The van der Waals surface area contributed by atoms with Crippen LogP contribution in [0.3, 0.4) is 0 Å². The summed E-state index contributed by atoms with van der Waals surface area (Å²) >= 11 is 3.09. The fraction of sp³-hybridized carbons (Fsp3) is 0.385. The van der Waals surface area contributed by atoms with E-state index in [-0.39, 0.29) is 18.3 Å². The summed E-state index contributed by atoms with van der Waals surface area (Å²) < 4.78 is 18.2. The lowest BCUT2D eigenvalue weighted by molar-refractivity contribution is -0.144. The molecule has 0 aliphatic heterocycles. The number of rotatable bonds is 5. The van der Waals surface area contributed by atoms with Gasteiger partial charge in [-0.1, -0.05) is 0 Å². The fourth-order valence-electron chi connectivity index (χ4n) is 1.63. The summed E-state index contributed by atoms with van der Waals surface area (Å²) in [5.74, 6) is -1.25. The maximum atomic E-state index is 13.3. The highest BCUT2D eigenvalue weighted by atomic mass is 79.9. The van der Waals surface area contributed by atoms with E-state index in [1.54, 1.807) is 13.0 Å². The van der Waals surface area contributed by atoms with Crippen molar-refractivity contribution in [3.63, 3.8) is 0 Å². The van der Waals surface area contributed by atoms with Gasteiger partial charge in [0.25, 0.3) is 0 Å². The average Bonchev–Trinajstić information content (AvgIpc) is 2.38. The topological polar surface area (TPSA) is 67.4 Å². The molecule has 1 unspecified atom stereocenters. The number of ether oxygens (including phenoxy) is 1. The van der Waals surface area contributed by atoms with Crippen LogP contribution < -0.4 is 10.6 Å². The molecule has 0 heterocycles. The number of aryl methyl sites for hydroxylation is 1. The molecule has 0 aliphatic carbocycles. The van der Waals surface area contributed by atoms with E-state index < -0.39 is 12.0 Å². The second-order valence-corrected chi connectivity index (χ2v) is 5.09. The number of methoxy groups -OCH3 is 1. The Morgan fingerprint density at radius 2 is 2.10 bits per heavy atom. The Balaban J connectivity index is 2.79. The minimum Gasteiger partial charge on any atom is -0.467 e. The summed E-state index contributed by atoms with van der Waals surface area (Å²) in [6.07, 6.45) is 0. The highest BCUT2D eigenvalue weighted by molar-refractivity contribution is 9.10. The van der Waals surface area contributed by atoms with Gasteiger partial charge in [-0.25, -0.2) is 9.18 Å². The van der Waals surface area contributed by atoms with E-state index in [0.717, 1.165) is 0 Å². The molecule has 0 bridgehead atoms. The molecule has 2 N–H and O–H groups in total. The van der Waals surface area contributed by atoms with Crippen molar-refractivity contribution in [1.82, 2.24) is 5.32 Å². The number of benzene rings is 1. The SMILES string of the molecule is COC(=O)C(CNc1cc(Br)c(F)cc1C)NC(C)=O. The summed E-state index contributed by atoms with van der Waals surface area (Å²) in [6.45, 7) is 3.20. The van der Waals surface area contributed by atoms with Crippen molar-refractivity contribution in [2.45, 2.75) is 19.9 Å². The van der Waals surface area contributed by atoms with E-state index in [1.165, 1.54) is 20.1 Å². The number of hydrogen-bond donors (Lipinski definition) is 2. The number of nitrogens with one attached hydrogen (secondary N) is 2. The predicted molar refractivity (Wildman–Crippen MR) is 76.9 cm³/mol. The highest BCUT2D eigenvalue weighted by Gasteiger charge is 2.20. The van der Waals surface area contributed by atoms with Crippen molar-refractivity contribution in [1.29, 1.82) is 0 Å². The highest BCUT2D eigenvalue weighted by Crippen LogP contribution is 2.24. The van der Waals surface area contributed by atoms with Gasteiger partial charge in [-0.05, 0) is 40.5 Å². The first-order valence-corrected chi connectivity index (χ1v) is 6.69. The molecular weight excluding hydrogens is 331 g/mol. The van der Waals surface area contributed by atoms with Gasteiger partial charge in [-0.2, -0.15) is 0 Å². The number of halogens is 2. The van der Waals surface area contributed by atoms with Crippen LogP contribution in [0, 0.1) is 12.7 Å². The summed E-state index contributed by atoms with van der Waals surface area (Å²) in [7, 11) is 1.25. The molecule has 0 spiro atoms. The van der Waals surface area contributed by atoms with E-state index in [1.807, 2.05) is 0 Å². The van der Waals surface area contributed by atoms with Gasteiger partial charge in [0.2, 0.25) is 5.91 Å². The van der Waals surface area contributed by atoms with Gasteiger partial charge < -0.3 is 15.4 Å². The second kappa shape index (κ2) is 7.23. The molecule has 0 fully saturated rings. The van der Waals surface area contributed by atoms with Gasteiger partial charge in [0.15, 0.2) is 0 Å². The quantitative estimate of drug-likeness (QED) is 0.800. The zero-order valence-electron chi connectivity index (χ0n) is 11.4. The smallest absolute Gasteiger partial charge is 0.330 e. The zero-order chi connectivity index (χ0) is 15.3. The molecule has 0 radical (unpaired) electrons. The third-order valence-corrected chi connectivity index (χ3v) is 3.23. The van der Waals surface area contributed by atoms with Crippen LogP contribution in [0.25, 0.3) is 0 Å². The molecule has 1 rings (SSSR count). The van der Waals surface area contributed by atoms with Gasteiger partial charge in [0.1, 0.15) is 11.9 Å². The lowest BCUT2D eigenvalue weighted by Gasteiger charge is -2.18. The molecule has 1 atom stereocenters. The molecule has 0 aliphatic rings. The minimum atomic E-state index is -0.805. The van der Waals surface area contributed by atoms with Crippen LogP contribution in [-0.4, -0.2) is 31.6 Å². The Morgan fingerprint density at radius 3 is 2.65 bits per heavy atom. The van der Waals surface area contributed by atoms with Crippen molar-refractivity contribution < 1.29 is 18.7 Å². The molecule has 1 aromatic carbocycles. The normalized spacial score (nSPS) is 11.7. The zero-order valence-corrected chi connectivity index (χ0v) is 13.0. The Hall–Kier alpha value is -1.63. The molecule has 7 heteroatoms. The van der Waals surface area contributed by atoms with Gasteiger partial charge in [-0.15, -0.1) is 0 Å². The van der Waals surface area contributed by atoms with Crippen molar-refractivity contribution in [3.05, 3.63) is 28.0 Å². The fourth-order valence-corrected chi connectivity index (χ4v) is 1.97. The molecular formula is C13H16BrFN2O3. The van der Waals surface area contributed by atoms with E-state index in [9.17, 15) is 14.0 Å². The van der Waals surface area contributed by atoms with Crippen molar-refractivity contribution in [3.8, 4) is 0 Å². The van der Waals surface area contributed by atoms with E-state index in [2.05, 4.69) is 31.3 Å². The Morgan fingerprint density at radius 1 is 1.45 bits per heavy atom. The molecule has 110 valence electrons. The first-order chi connectivity index (χ1) is 9.35. The van der Waals surface area contributed by atoms with Crippen LogP contribution in [0.5, 0.6) is 0 Å². The van der Waals surface area contributed by atoms with E-state index in [4.69, 9.17) is 0 Å². The summed E-state index contributed by atoms with van der Waals surface area (Å²) in [5, 5.41) is 5.47. The molecule has 5 nitrogen and oxygen atoms in total. The first-order valence-electron chi connectivity index (χ1n) is 5.89. The summed E-state index contributed by atoms with van der Waals surface area (Å²) in [5.41, 5.74) is 1.36. The van der Waals surface area contributed by atoms with Gasteiger partial charge in [0.05, 0.1) is 11.6 Å². The van der Waals surface area contributed by atoms with Crippen LogP contribution >= 0.6 is 15.9 Å². The van der Waals surface area contributed by atoms with Crippen molar-refractivity contribution >= 4 is 33.5 Å². The number of carbonyl (C=O) groups is 2. The number of carbonyl (C=O) groups excluding carboxylic acids is 2. The number of hydrogen-bond acceptors (Lipinski definition) is 4. The molecule has 0 aromatic heterocycles. The largest absolute Gasteiger partial charge is 0.467 e. The van der Waals surface area contributed by atoms with Gasteiger partial charge >= 0.3 is 5.97 Å². The molecule has 0 saturated carbocycles. The van der Waals surface area contributed by atoms with E-state index in [0.29, 0.717) is 15.7 Å². The number of amides is 1. The maximum Gasteiger partial charge on any atom is 0.330 e. The molecule has 1 aromatic rings. The van der Waals surface area contributed by atoms with Crippen LogP contribution in [0.15, 0.2) is 16.6 Å². The predicted octanol–water partition coefficient (Wildman–Crippen LogP) is 1.99. The Bertz CT molecular complexity index is 523. The Labute approximate surface area is 125 Å². The molecule has 0 saturated heterocycles. The van der Waals surface area contributed by atoms with E-state index >= 15 is 0 Å². The number of anilines is 1.